The third kappa shape index (κ3) is 2.58. The number of aliphatic carboxylic acids is 1. The van der Waals surface area contributed by atoms with Crippen LogP contribution in [0.25, 0.3) is 0 Å². The van der Waals surface area contributed by atoms with Crippen molar-refractivity contribution >= 4 is 34.9 Å². The van der Waals surface area contributed by atoms with E-state index in [0.29, 0.717) is 0 Å². The molecule has 0 fully saturated rings. The molecule has 1 heterocycles. The van der Waals surface area contributed by atoms with Crippen LogP contribution in [0.1, 0.15) is 18.0 Å². The summed E-state index contributed by atoms with van der Waals surface area (Å²) in [5, 5.41) is 12.0. The number of rotatable bonds is 2. The maximum atomic E-state index is 12.2. The predicted octanol–water partition coefficient (Wildman–Crippen LogP) is 2.58. The van der Waals surface area contributed by atoms with Crippen molar-refractivity contribution in [2.45, 2.75) is 6.04 Å². The molecule has 110 valence electrons. The summed E-state index contributed by atoms with van der Waals surface area (Å²) in [5.41, 5.74) is -0.223. The van der Waals surface area contributed by atoms with Crippen molar-refractivity contribution in [3.05, 3.63) is 64.6 Å². The number of hydrogen-bond acceptors (Lipinski definition) is 3. The second-order valence-electron chi connectivity index (χ2n) is 4.40. The lowest BCUT2D eigenvalue weighted by atomic mass is 10.0. The standard InChI is InChI=1S/C16H11ClN2O3/c17-10-6-7-12-11(8-10)13(9-4-2-1-3-5-9)19-14(16(21)22)15(20)18-12/h1-8,14H,(H,18,20)(H,21,22)/i1D,2D,3D,4D,5D. The van der Waals surface area contributed by atoms with Crippen LogP contribution in [0.3, 0.4) is 0 Å². The van der Waals surface area contributed by atoms with Crippen molar-refractivity contribution in [2.75, 3.05) is 5.32 Å². The lowest BCUT2D eigenvalue weighted by molar-refractivity contribution is -0.141. The molecule has 2 aromatic carbocycles. The fourth-order valence-electron chi connectivity index (χ4n) is 2.01. The molecular formula is C16H11ClN2O3. The van der Waals surface area contributed by atoms with Crippen molar-refractivity contribution in [2.24, 2.45) is 4.99 Å². The van der Waals surface area contributed by atoms with Gasteiger partial charge in [0.05, 0.1) is 18.3 Å². The number of hydrogen-bond donors (Lipinski definition) is 2. The Labute approximate surface area is 138 Å². The zero-order valence-electron chi connectivity index (χ0n) is 15.9. The average molecular weight is 320 g/mol. The topological polar surface area (TPSA) is 78.8 Å². The lowest BCUT2D eigenvalue weighted by Crippen LogP contribution is -2.32. The minimum Gasteiger partial charge on any atom is -0.479 e. The highest BCUT2D eigenvalue weighted by atomic mass is 35.5. The van der Waals surface area contributed by atoms with Gasteiger partial charge in [-0.1, -0.05) is 41.8 Å². The number of nitrogens with zero attached hydrogens (tertiary/aromatic N) is 1. The molecule has 1 unspecified atom stereocenters. The van der Waals surface area contributed by atoms with Crippen molar-refractivity contribution in [3.8, 4) is 0 Å². The first-order valence-electron chi connectivity index (χ1n) is 8.62. The van der Waals surface area contributed by atoms with E-state index in [2.05, 4.69) is 10.3 Å². The molecule has 5 nitrogen and oxygen atoms in total. The molecule has 0 bridgehead atoms. The van der Waals surface area contributed by atoms with Gasteiger partial charge < -0.3 is 10.4 Å². The molecule has 6 heteroatoms. The van der Waals surface area contributed by atoms with E-state index >= 15 is 0 Å². The van der Waals surface area contributed by atoms with Crippen molar-refractivity contribution in [1.29, 1.82) is 0 Å². The van der Waals surface area contributed by atoms with E-state index in [9.17, 15) is 14.7 Å². The number of aliphatic imine (C=N–C) groups is 1. The number of carboxylic acid groups (broad SMARTS) is 1. The summed E-state index contributed by atoms with van der Waals surface area (Å²) in [5.74, 6) is -2.47. The van der Waals surface area contributed by atoms with Gasteiger partial charge in [-0.05, 0) is 18.2 Å². The summed E-state index contributed by atoms with van der Waals surface area (Å²) in [6, 6.07) is -0.539. The Morgan fingerprint density at radius 1 is 1.32 bits per heavy atom. The summed E-state index contributed by atoms with van der Waals surface area (Å²) in [4.78, 5) is 27.6. The highest BCUT2D eigenvalue weighted by Gasteiger charge is 2.31. The van der Waals surface area contributed by atoms with Gasteiger partial charge in [0, 0.05) is 16.1 Å². The molecule has 3 rings (SSSR count). The average Bonchev–Trinajstić information content (AvgIpc) is 2.75. The second-order valence-corrected chi connectivity index (χ2v) is 4.83. The van der Waals surface area contributed by atoms with Crippen LogP contribution in [0.15, 0.2) is 53.4 Å². The molecule has 0 radical (unpaired) electrons. The van der Waals surface area contributed by atoms with E-state index in [0.717, 1.165) is 0 Å². The Kier molecular flexibility index (Phi) is 2.39. The summed E-state index contributed by atoms with van der Waals surface area (Å²) < 4.78 is 39.6. The van der Waals surface area contributed by atoms with Gasteiger partial charge in [-0.2, -0.15) is 0 Å². The first-order chi connectivity index (χ1) is 12.6. The van der Waals surface area contributed by atoms with Crippen LogP contribution in [-0.2, 0) is 9.59 Å². The molecule has 2 aromatic rings. The number of carbonyl (C=O) groups excluding carboxylic acids is 1. The van der Waals surface area contributed by atoms with Crippen LogP contribution in [0.4, 0.5) is 5.69 Å². The van der Waals surface area contributed by atoms with Gasteiger partial charge in [-0.3, -0.25) is 9.79 Å². The molecule has 1 aliphatic heterocycles. The number of halogens is 1. The molecule has 0 saturated carbocycles. The maximum absolute atomic E-state index is 12.2. The molecule has 1 atom stereocenters. The molecule has 2 N–H and O–H groups in total. The monoisotopic (exact) mass is 319 g/mol. The molecule has 0 aliphatic carbocycles. The van der Waals surface area contributed by atoms with Gasteiger partial charge in [-0.25, -0.2) is 4.79 Å². The van der Waals surface area contributed by atoms with E-state index in [1.807, 2.05) is 0 Å². The summed E-state index contributed by atoms with van der Waals surface area (Å²) in [7, 11) is 0. The molecule has 1 aliphatic rings. The van der Waals surface area contributed by atoms with Crippen LogP contribution in [0.2, 0.25) is 5.02 Å². The van der Waals surface area contributed by atoms with Gasteiger partial charge >= 0.3 is 5.97 Å². The smallest absolute Gasteiger partial charge is 0.338 e. The van der Waals surface area contributed by atoms with Crippen LogP contribution in [0, 0.1) is 0 Å². The fraction of sp³-hybridized carbons (Fsp3) is 0.0625. The summed E-state index contributed by atoms with van der Waals surface area (Å²) in [6.45, 7) is 0. The second kappa shape index (κ2) is 5.61. The summed E-state index contributed by atoms with van der Waals surface area (Å²) >= 11 is 6.00. The van der Waals surface area contributed by atoms with Crippen LogP contribution in [-0.4, -0.2) is 28.7 Å². The molecule has 0 saturated heterocycles. The van der Waals surface area contributed by atoms with Gasteiger partial charge in [-0.15, -0.1) is 0 Å². The molecule has 1 amide bonds. The van der Waals surface area contributed by atoms with Crippen molar-refractivity contribution in [3.63, 3.8) is 0 Å². The Bertz CT molecular complexity index is 1010. The van der Waals surface area contributed by atoms with E-state index in [1.54, 1.807) is 0 Å². The molecule has 0 aromatic heterocycles. The third-order valence-corrected chi connectivity index (χ3v) is 3.21. The number of amides is 1. The van der Waals surface area contributed by atoms with Crippen LogP contribution < -0.4 is 5.32 Å². The number of benzodiazepines with no additional fused rings is 1. The van der Waals surface area contributed by atoms with E-state index in [1.165, 1.54) is 18.2 Å². The van der Waals surface area contributed by atoms with Crippen LogP contribution in [0.5, 0.6) is 0 Å². The maximum Gasteiger partial charge on any atom is 0.338 e. The van der Waals surface area contributed by atoms with Crippen LogP contribution >= 0.6 is 11.6 Å². The summed E-state index contributed by atoms with van der Waals surface area (Å²) in [6.07, 6.45) is 0. The Morgan fingerprint density at radius 3 is 2.73 bits per heavy atom. The quantitative estimate of drug-likeness (QED) is 0.835. The Hall–Kier alpha value is -2.66. The van der Waals surface area contributed by atoms with E-state index in [4.69, 9.17) is 18.5 Å². The van der Waals surface area contributed by atoms with Crippen molar-refractivity contribution in [1.82, 2.24) is 0 Å². The Balaban J connectivity index is 2.42. The highest BCUT2D eigenvalue weighted by Crippen LogP contribution is 2.27. The number of carbonyl (C=O) groups is 2. The number of benzene rings is 2. The first-order valence-corrected chi connectivity index (χ1v) is 6.50. The largest absolute Gasteiger partial charge is 0.479 e. The zero-order valence-corrected chi connectivity index (χ0v) is 11.7. The number of carboxylic acids is 1. The minimum absolute atomic E-state index is 0.151. The van der Waals surface area contributed by atoms with Gasteiger partial charge in [0.15, 0.2) is 0 Å². The number of nitrogens with one attached hydrogen (secondary N) is 1. The normalized spacial score (nSPS) is 20.2. The van der Waals surface area contributed by atoms with Crippen molar-refractivity contribution < 1.29 is 21.5 Å². The molecular weight excluding hydrogens is 304 g/mol. The zero-order chi connectivity index (χ0) is 20.0. The number of anilines is 1. The van der Waals surface area contributed by atoms with Gasteiger partial charge in [0.1, 0.15) is 0 Å². The van der Waals surface area contributed by atoms with E-state index in [-0.39, 0.29) is 27.5 Å². The fourth-order valence-corrected chi connectivity index (χ4v) is 2.19. The molecule has 22 heavy (non-hydrogen) atoms. The Morgan fingerprint density at radius 2 is 2.05 bits per heavy atom. The molecule has 0 spiro atoms. The van der Waals surface area contributed by atoms with Gasteiger partial charge in [0.25, 0.3) is 5.91 Å². The van der Waals surface area contributed by atoms with Gasteiger partial charge in [0.2, 0.25) is 6.04 Å². The highest BCUT2D eigenvalue weighted by molar-refractivity contribution is 6.32. The minimum atomic E-state index is -1.86. The predicted molar refractivity (Wildman–Crippen MR) is 83.6 cm³/mol. The lowest BCUT2D eigenvalue weighted by Gasteiger charge is -2.10. The van der Waals surface area contributed by atoms with E-state index < -0.39 is 48.1 Å². The third-order valence-electron chi connectivity index (χ3n) is 2.97. The SMILES string of the molecule is [2H]c1c([2H])c([2H])c(C2=NC(C(=O)O)C(=O)Nc3ccc(Cl)cc32)c([2H])c1[2H]. The number of fused-ring (bicyclic) bond motifs is 1. The first kappa shape index (κ1) is 9.38.